The molecule has 0 aliphatic rings. The van der Waals surface area contributed by atoms with Gasteiger partial charge in [-0.05, 0) is 131 Å². The molecule has 368 valence electrons. The smallest absolute Gasteiger partial charge is 0.0542 e. The summed E-state index contributed by atoms with van der Waals surface area (Å²) in [6.07, 6.45) is 4.43. The molecule has 0 unspecified atom stereocenters. The molecule has 0 saturated heterocycles. The lowest BCUT2D eigenvalue weighted by molar-refractivity contribution is 1.18. The van der Waals surface area contributed by atoms with Crippen LogP contribution < -0.4 is 9.80 Å². The zero-order valence-electron chi connectivity index (χ0n) is 42.8. The minimum atomic E-state index is 1.07. The van der Waals surface area contributed by atoms with Crippen LogP contribution >= 0.6 is 0 Å². The lowest BCUT2D eigenvalue weighted by Crippen LogP contribution is -2.11. The second kappa shape index (κ2) is 20.0. The fourth-order valence-corrected chi connectivity index (χ4v) is 11.5. The third-order valence-electron chi connectivity index (χ3n) is 15.1. The molecule has 12 aromatic carbocycles. The van der Waals surface area contributed by atoms with Gasteiger partial charge in [0, 0.05) is 66.8 Å². The van der Waals surface area contributed by atoms with E-state index in [4.69, 9.17) is 0 Å². The summed E-state index contributed by atoms with van der Waals surface area (Å²) < 4.78 is 4.75. The maximum Gasteiger partial charge on any atom is 0.0542 e. The molecule has 4 heteroatoms. The van der Waals surface area contributed by atoms with Crippen LogP contribution in [0, 0.1) is 0 Å². The molecule has 78 heavy (non-hydrogen) atoms. The van der Waals surface area contributed by atoms with Gasteiger partial charge in [0.25, 0.3) is 0 Å². The van der Waals surface area contributed by atoms with Gasteiger partial charge in [-0.3, -0.25) is 0 Å². The number of nitrogens with zero attached hydrogens (tertiary/aromatic N) is 4. The van der Waals surface area contributed by atoms with E-state index in [1.54, 1.807) is 0 Å². The van der Waals surface area contributed by atoms with Crippen LogP contribution in [-0.2, 0) is 0 Å². The van der Waals surface area contributed by atoms with E-state index in [1.165, 1.54) is 54.7 Å². The third-order valence-corrected chi connectivity index (χ3v) is 15.1. The van der Waals surface area contributed by atoms with Gasteiger partial charge in [0.05, 0.1) is 33.4 Å². The minimum Gasteiger partial charge on any atom is -0.310 e. The molecule has 0 fully saturated rings. The Kier molecular flexibility index (Phi) is 11.8. The number of para-hydroxylation sites is 6. The molecule has 0 bridgehead atoms. The van der Waals surface area contributed by atoms with Crippen LogP contribution in [0.1, 0.15) is 11.1 Å². The first-order valence-electron chi connectivity index (χ1n) is 26.7. The fraction of sp³-hybridized carbons (Fsp3) is 0. The van der Waals surface area contributed by atoms with E-state index >= 15 is 0 Å². The molecule has 2 heterocycles. The summed E-state index contributed by atoms with van der Waals surface area (Å²) >= 11 is 0. The van der Waals surface area contributed by atoms with Crippen LogP contribution in [0.3, 0.4) is 0 Å². The van der Waals surface area contributed by atoms with Crippen molar-refractivity contribution >= 4 is 89.9 Å². The lowest BCUT2D eigenvalue weighted by atomic mass is 10.0. The molecule has 4 nitrogen and oxygen atoms in total. The van der Waals surface area contributed by atoms with E-state index in [9.17, 15) is 0 Å². The Labute approximate surface area is 454 Å². The van der Waals surface area contributed by atoms with Crippen LogP contribution in [0.5, 0.6) is 0 Å². The van der Waals surface area contributed by atoms with Crippen molar-refractivity contribution in [3.8, 4) is 33.6 Å². The van der Waals surface area contributed by atoms with Crippen molar-refractivity contribution in [2.75, 3.05) is 9.80 Å². The molecule has 0 amide bonds. The van der Waals surface area contributed by atoms with E-state index in [0.29, 0.717) is 0 Å². The van der Waals surface area contributed by atoms with Gasteiger partial charge in [0.15, 0.2) is 0 Å². The average Bonchev–Trinajstić information content (AvgIpc) is 4.20. The number of anilines is 6. The molecule has 0 N–H and O–H groups in total. The van der Waals surface area contributed by atoms with E-state index in [-0.39, 0.29) is 0 Å². The third kappa shape index (κ3) is 8.39. The van der Waals surface area contributed by atoms with Gasteiger partial charge in [-0.2, -0.15) is 0 Å². The summed E-state index contributed by atoms with van der Waals surface area (Å²) in [5.74, 6) is 0. The van der Waals surface area contributed by atoms with Crippen LogP contribution in [0.15, 0.2) is 303 Å². The Balaban J connectivity index is 0.825. The van der Waals surface area contributed by atoms with E-state index < -0.39 is 0 Å². The van der Waals surface area contributed by atoms with Crippen LogP contribution in [0.4, 0.5) is 34.1 Å². The fourth-order valence-electron chi connectivity index (χ4n) is 11.5. The van der Waals surface area contributed by atoms with Crippen molar-refractivity contribution in [1.82, 2.24) is 9.13 Å². The highest BCUT2D eigenvalue weighted by atomic mass is 15.2. The van der Waals surface area contributed by atoms with E-state index in [0.717, 1.165) is 67.8 Å². The van der Waals surface area contributed by atoms with Crippen molar-refractivity contribution in [3.05, 3.63) is 314 Å². The average molecular weight is 997 g/mol. The van der Waals surface area contributed by atoms with Crippen molar-refractivity contribution in [2.45, 2.75) is 0 Å². The van der Waals surface area contributed by atoms with E-state index in [2.05, 4.69) is 334 Å². The Morgan fingerprint density at radius 2 is 0.564 bits per heavy atom. The standard InChI is InChI=1S/C74H52N4/c1-5-21-55(22-6-1)63-29-13-17-33-69(63)75(61-47-49-73-67(51-61)65-31-15-19-35-71(65)77(73)57-25-9-3-10-26-57)59-43-39-53(40-44-59)37-38-54-41-45-60(46-42-54)76(70-34-18-14-30-64(70)56-23-7-2-8-24-56)62-48-50-74-68(52-62)66-32-16-20-36-72(66)78(74)58-27-11-4-12-28-58/h1-52H/b38-37+. The molecule has 2 aromatic heterocycles. The highest BCUT2D eigenvalue weighted by Crippen LogP contribution is 2.46. The summed E-state index contributed by atoms with van der Waals surface area (Å²) in [4.78, 5) is 4.81. The predicted octanol–water partition coefficient (Wildman–Crippen LogP) is 20.3. The summed E-state index contributed by atoms with van der Waals surface area (Å²) in [6.45, 7) is 0. The number of fused-ring (bicyclic) bond motifs is 6. The largest absolute Gasteiger partial charge is 0.310 e. The molecule has 14 aromatic rings. The quantitative estimate of drug-likeness (QED) is 0.113. The molecule has 0 atom stereocenters. The first-order chi connectivity index (χ1) is 38.7. The second-order valence-electron chi connectivity index (χ2n) is 19.7. The Hall–Kier alpha value is -10.4. The molecule has 0 aliphatic heterocycles. The van der Waals surface area contributed by atoms with Gasteiger partial charge < -0.3 is 18.9 Å². The Morgan fingerprint density at radius 3 is 0.974 bits per heavy atom. The van der Waals surface area contributed by atoms with Crippen molar-refractivity contribution in [3.63, 3.8) is 0 Å². The van der Waals surface area contributed by atoms with Gasteiger partial charge in [-0.1, -0.05) is 206 Å². The highest BCUT2D eigenvalue weighted by Gasteiger charge is 2.22. The molecular formula is C74H52N4. The summed E-state index contributed by atoms with van der Waals surface area (Å²) in [6, 6.07) is 109. The molecule has 0 aliphatic carbocycles. The second-order valence-corrected chi connectivity index (χ2v) is 19.7. The van der Waals surface area contributed by atoms with Gasteiger partial charge in [0.2, 0.25) is 0 Å². The monoisotopic (exact) mass is 996 g/mol. The normalized spacial score (nSPS) is 11.5. The maximum atomic E-state index is 2.41. The summed E-state index contributed by atoms with van der Waals surface area (Å²) in [7, 11) is 0. The number of hydrogen-bond acceptors (Lipinski definition) is 2. The topological polar surface area (TPSA) is 16.3 Å². The Morgan fingerprint density at radius 1 is 0.244 bits per heavy atom. The maximum absolute atomic E-state index is 2.41. The summed E-state index contributed by atoms with van der Waals surface area (Å²) in [5, 5.41) is 4.85. The molecule has 0 saturated carbocycles. The number of benzene rings is 12. The first kappa shape index (κ1) is 46.1. The Bertz CT molecular complexity index is 4170. The SMILES string of the molecule is C(=C\c1ccc(N(c2ccc3c(c2)c2ccccc2n3-c2ccccc2)c2ccccc2-c2ccccc2)cc1)/c1ccc(N(c2ccc3c(c2)c2ccccc2n3-c2ccccc2)c2ccccc2-c2ccccc2)cc1. The first-order valence-corrected chi connectivity index (χ1v) is 26.7. The molecule has 0 spiro atoms. The van der Waals surface area contributed by atoms with Crippen LogP contribution in [-0.4, -0.2) is 9.13 Å². The number of hydrogen-bond donors (Lipinski definition) is 0. The lowest BCUT2D eigenvalue weighted by Gasteiger charge is -2.28. The van der Waals surface area contributed by atoms with Gasteiger partial charge >= 0.3 is 0 Å². The van der Waals surface area contributed by atoms with Crippen LogP contribution in [0.2, 0.25) is 0 Å². The molecular weight excluding hydrogens is 945 g/mol. The molecule has 14 rings (SSSR count). The highest BCUT2D eigenvalue weighted by molar-refractivity contribution is 6.12. The van der Waals surface area contributed by atoms with Gasteiger partial charge in [-0.15, -0.1) is 0 Å². The van der Waals surface area contributed by atoms with Crippen molar-refractivity contribution < 1.29 is 0 Å². The molecule has 0 radical (unpaired) electrons. The zero-order valence-corrected chi connectivity index (χ0v) is 42.8. The number of rotatable bonds is 12. The summed E-state index contributed by atoms with van der Waals surface area (Å²) in [5.41, 5.74) is 20.4. The van der Waals surface area contributed by atoms with Crippen LogP contribution in [0.25, 0.3) is 89.4 Å². The minimum absolute atomic E-state index is 1.07. The van der Waals surface area contributed by atoms with Crippen molar-refractivity contribution in [2.24, 2.45) is 0 Å². The predicted molar refractivity (Wildman–Crippen MR) is 331 cm³/mol. The van der Waals surface area contributed by atoms with Gasteiger partial charge in [0.1, 0.15) is 0 Å². The van der Waals surface area contributed by atoms with E-state index in [1.807, 2.05) is 0 Å². The zero-order chi connectivity index (χ0) is 51.8. The van der Waals surface area contributed by atoms with Gasteiger partial charge in [-0.25, -0.2) is 0 Å². The van der Waals surface area contributed by atoms with Crippen molar-refractivity contribution in [1.29, 1.82) is 0 Å². The number of aromatic nitrogens is 2.